The molecule has 136 valence electrons. The molecular formula is C19H21N3O4. The lowest BCUT2D eigenvalue weighted by molar-refractivity contribution is 0.0524. The molecule has 1 aliphatic carbocycles. The fourth-order valence-corrected chi connectivity index (χ4v) is 3.64. The SMILES string of the molecule is CCOC(=O)c1cn(C2CC2)c2c(C=O)c(N3CCCC3)cnc2c1=O. The largest absolute Gasteiger partial charge is 0.462 e. The van der Waals surface area contributed by atoms with E-state index in [-0.39, 0.29) is 23.7 Å². The average Bonchev–Trinajstić information content (AvgIpc) is 3.34. The lowest BCUT2D eigenvalue weighted by Crippen LogP contribution is -2.24. The van der Waals surface area contributed by atoms with Crippen molar-refractivity contribution in [3.05, 3.63) is 33.7 Å². The predicted molar refractivity (Wildman–Crippen MR) is 97.1 cm³/mol. The number of pyridine rings is 2. The summed E-state index contributed by atoms with van der Waals surface area (Å²) in [5.74, 6) is -0.646. The maximum Gasteiger partial charge on any atom is 0.343 e. The van der Waals surface area contributed by atoms with E-state index in [1.165, 1.54) is 0 Å². The Morgan fingerprint density at radius 2 is 2.08 bits per heavy atom. The smallest absolute Gasteiger partial charge is 0.343 e. The van der Waals surface area contributed by atoms with Crippen molar-refractivity contribution in [2.75, 3.05) is 24.6 Å². The summed E-state index contributed by atoms with van der Waals surface area (Å²) in [5, 5.41) is 0. The summed E-state index contributed by atoms with van der Waals surface area (Å²) in [6.45, 7) is 3.65. The number of hydrogen-bond acceptors (Lipinski definition) is 6. The average molecular weight is 355 g/mol. The molecule has 7 nitrogen and oxygen atoms in total. The first kappa shape index (κ1) is 16.8. The van der Waals surface area contributed by atoms with Gasteiger partial charge in [-0.3, -0.25) is 9.59 Å². The molecule has 2 fully saturated rings. The van der Waals surface area contributed by atoms with Crippen LogP contribution >= 0.6 is 0 Å². The fraction of sp³-hybridized carbons (Fsp3) is 0.474. The number of rotatable bonds is 5. The van der Waals surface area contributed by atoms with Crippen LogP contribution in [0.4, 0.5) is 5.69 Å². The van der Waals surface area contributed by atoms with Gasteiger partial charge in [-0.05, 0) is 32.6 Å². The van der Waals surface area contributed by atoms with Gasteiger partial charge in [0.2, 0.25) is 5.43 Å². The van der Waals surface area contributed by atoms with Crippen molar-refractivity contribution in [2.24, 2.45) is 0 Å². The van der Waals surface area contributed by atoms with E-state index < -0.39 is 11.4 Å². The highest BCUT2D eigenvalue weighted by Gasteiger charge is 2.30. The van der Waals surface area contributed by atoms with Crippen molar-refractivity contribution in [3.63, 3.8) is 0 Å². The molecule has 2 aromatic heterocycles. The van der Waals surface area contributed by atoms with Gasteiger partial charge in [0.05, 0.1) is 29.6 Å². The highest BCUT2D eigenvalue weighted by atomic mass is 16.5. The van der Waals surface area contributed by atoms with Gasteiger partial charge in [0.25, 0.3) is 0 Å². The Morgan fingerprint density at radius 3 is 2.69 bits per heavy atom. The second kappa shape index (κ2) is 6.55. The van der Waals surface area contributed by atoms with E-state index >= 15 is 0 Å². The molecule has 2 aliphatic rings. The van der Waals surface area contributed by atoms with E-state index in [9.17, 15) is 14.4 Å². The van der Waals surface area contributed by atoms with Crippen molar-refractivity contribution in [1.29, 1.82) is 0 Å². The molecule has 1 aliphatic heterocycles. The van der Waals surface area contributed by atoms with Gasteiger partial charge in [0.15, 0.2) is 6.29 Å². The van der Waals surface area contributed by atoms with Crippen LogP contribution in [0.25, 0.3) is 11.0 Å². The van der Waals surface area contributed by atoms with Crippen LogP contribution in [0.5, 0.6) is 0 Å². The van der Waals surface area contributed by atoms with Gasteiger partial charge in [-0.2, -0.15) is 0 Å². The number of carbonyl (C=O) groups excluding carboxylic acids is 2. The van der Waals surface area contributed by atoms with Crippen molar-refractivity contribution in [1.82, 2.24) is 9.55 Å². The quantitative estimate of drug-likeness (QED) is 0.605. The molecule has 1 saturated heterocycles. The van der Waals surface area contributed by atoms with Crippen LogP contribution in [-0.2, 0) is 4.74 Å². The monoisotopic (exact) mass is 355 g/mol. The summed E-state index contributed by atoms with van der Waals surface area (Å²) in [7, 11) is 0. The third-order valence-corrected chi connectivity index (χ3v) is 5.06. The Balaban J connectivity index is 1.99. The lowest BCUT2D eigenvalue weighted by Gasteiger charge is -2.21. The molecule has 0 unspecified atom stereocenters. The zero-order valence-electron chi connectivity index (χ0n) is 14.7. The Labute approximate surface area is 150 Å². The molecule has 0 aromatic carbocycles. The van der Waals surface area contributed by atoms with Gasteiger partial charge >= 0.3 is 5.97 Å². The Bertz CT molecular complexity index is 940. The topological polar surface area (TPSA) is 81.5 Å². The fourth-order valence-electron chi connectivity index (χ4n) is 3.64. The minimum Gasteiger partial charge on any atom is -0.462 e. The van der Waals surface area contributed by atoms with Crippen molar-refractivity contribution in [2.45, 2.75) is 38.6 Å². The summed E-state index contributed by atoms with van der Waals surface area (Å²) in [6, 6.07) is 0.181. The Hall–Kier alpha value is -2.70. The number of hydrogen-bond donors (Lipinski definition) is 0. The maximum atomic E-state index is 12.8. The minimum absolute atomic E-state index is 0.0236. The molecule has 7 heteroatoms. The molecular weight excluding hydrogens is 334 g/mol. The van der Waals surface area contributed by atoms with Gasteiger partial charge in [0, 0.05) is 25.3 Å². The minimum atomic E-state index is -0.646. The summed E-state index contributed by atoms with van der Waals surface area (Å²) >= 11 is 0. The predicted octanol–water partition coefficient (Wildman–Crippen LogP) is 2.32. The summed E-state index contributed by atoms with van der Waals surface area (Å²) in [5.41, 5.74) is 1.44. The number of nitrogens with zero attached hydrogens (tertiary/aromatic N) is 3. The highest BCUT2D eigenvalue weighted by Crippen LogP contribution is 2.38. The molecule has 26 heavy (non-hydrogen) atoms. The highest BCUT2D eigenvalue weighted by molar-refractivity contribution is 6.02. The standard InChI is InChI=1S/C19H21N3O4/c1-2-26-19(25)13-10-22(12-5-6-12)17-14(11-23)15(21-7-3-4-8-21)9-20-16(17)18(13)24/h9-12H,2-8H2,1H3. The molecule has 0 amide bonds. The number of ether oxygens (including phenoxy) is 1. The normalized spacial score (nSPS) is 16.9. The molecule has 0 bridgehead atoms. The summed E-state index contributed by atoms with van der Waals surface area (Å²) in [6.07, 6.45) is 7.99. The molecule has 0 atom stereocenters. The number of carbonyl (C=O) groups is 2. The van der Waals surface area contributed by atoms with Crippen LogP contribution in [0.15, 0.2) is 17.2 Å². The van der Waals surface area contributed by atoms with Crippen molar-refractivity contribution < 1.29 is 14.3 Å². The number of fused-ring (bicyclic) bond motifs is 1. The van der Waals surface area contributed by atoms with E-state index in [4.69, 9.17) is 4.74 Å². The van der Waals surface area contributed by atoms with Gasteiger partial charge in [-0.1, -0.05) is 0 Å². The van der Waals surface area contributed by atoms with E-state index in [1.54, 1.807) is 19.3 Å². The van der Waals surface area contributed by atoms with Crippen LogP contribution in [0.1, 0.15) is 59.4 Å². The molecule has 0 radical (unpaired) electrons. The van der Waals surface area contributed by atoms with E-state index in [2.05, 4.69) is 9.88 Å². The second-order valence-electron chi connectivity index (χ2n) is 6.80. The van der Waals surface area contributed by atoms with E-state index in [0.29, 0.717) is 11.1 Å². The summed E-state index contributed by atoms with van der Waals surface area (Å²) in [4.78, 5) is 43.5. The first-order valence-electron chi connectivity index (χ1n) is 9.10. The van der Waals surface area contributed by atoms with Crippen LogP contribution in [0, 0.1) is 0 Å². The molecule has 1 saturated carbocycles. The van der Waals surface area contributed by atoms with Gasteiger partial charge in [-0.15, -0.1) is 0 Å². The third kappa shape index (κ3) is 2.67. The number of aldehydes is 1. The van der Waals surface area contributed by atoms with E-state index in [1.807, 2.05) is 4.57 Å². The number of esters is 1. The van der Waals surface area contributed by atoms with E-state index in [0.717, 1.165) is 50.7 Å². The zero-order chi connectivity index (χ0) is 18.3. The van der Waals surface area contributed by atoms with Crippen LogP contribution in [-0.4, -0.2) is 41.5 Å². The Morgan fingerprint density at radius 1 is 1.35 bits per heavy atom. The van der Waals surface area contributed by atoms with Crippen molar-refractivity contribution >= 4 is 29.0 Å². The Kier molecular flexibility index (Phi) is 4.22. The first-order valence-corrected chi connectivity index (χ1v) is 9.10. The van der Waals surface area contributed by atoms with Crippen molar-refractivity contribution in [3.8, 4) is 0 Å². The molecule has 2 aromatic rings. The molecule has 3 heterocycles. The van der Waals surface area contributed by atoms with Gasteiger partial charge < -0.3 is 14.2 Å². The lowest BCUT2D eigenvalue weighted by atomic mass is 10.1. The first-order chi connectivity index (χ1) is 12.7. The second-order valence-corrected chi connectivity index (χ2v) is 6.80. The maximum absolute atomic E-state index is 12.8. The van der Waals surface area contributed by atoms with Gasteiger partial charge in [-0.25, -0.2) is 9.78 Å². The van der Waals surface area contributed by atoms with Crippen LogP contribution < -0.4 is 10.3 Å². The molecule has 0 N–H and O–H groups in total. The number of aromatic nitrogens is 2. The molecule has 4 rings (SSSR count). The van der Waals surface area contributed by atoms with Crippen LogP contribution in [0.3, 0.4) is 0 Å². The zero-order valence-corrected chi connectivity index (χ0v) is 14.7. The van der Waals surface area contributed by atoms with Crippen LogP contribution in [0.2, 0.25) is 0 Å². The number of anilines is 1. The van der Waals surface area contributed by atoms with Gasteiger partial charge in [0.1, 0.15) is 11.1 Å². The molecule has 0 spiro atoms. The summed E-state index contributed by atoms with van der Waals surface area (Å²) < 4.78 is 6.89. The third-order valence-electron chi connectivity index (χ3n) is 5.06.